The average Bonchev–Trinajstić information content (AvgIpc) is 3.62. The van der Waals surface area contributed by atoms with Crippen LogP contribution in [0.3, 0.4) is 0 Å². The molecule has 190 valence electrons. The molecule has 2 aromatic rings. The first-order chi connectivity index (χ1) is 17.3. The summed E-state index contributed by atoms with van der Waals surface area (Å²) >= 11 is 0. The maximum Gasteiger partial charge on any atom is 0.252 e. The van der Waals surface area contributed by atoms with Crippen LogP contribution in [0.5, 0.6) is 0 Å². The second-order valence-corrected chi connectivity index (χ2v) is 10.7. The molecule has 1 N–H and O–H groups in total. The number of rotatable bonds is 8. The fraction of sp³-hybridized carbons (Fsp3) is 0.517. The van der Waals surface area contributed by atoms with Gasteiger partial charge in [0.05, 0.1) is 37.1 Å². The van der Waals surface area contributed by atoms with Crippen LogP contribution >= 0.6 is 0 Å². The molecule has 5 rings (SSSR count). The summed E-state index contributed by atoms with van der Waals surface area (Å²) in [5.41, 5.74) is 2.37. The highest BCUT2D eigenvalue weighted by Crippen LogP contribution is 2.44. The lowest BCUT2D eigenvalue weighted by molar-refractivity contribution is -0.183. The van der Waals surface area contributed by atoms with E-state index in [9.17, 15) is 10.1 Å². The minimum Gasteiger partial charge on any atom is -0.371 e. The van der Waals surface area contributed by atoms with Crippen LogP contribution in [0.25, 0.3) is 0 Å². The zero-order valence-electron chi connectivity index (χ0n) is 21.2. The van der Waals surface area contributed by atoms with Crippen molar-refractivity contribution in [1.29, 1.82) is 5.26 Å². The highest BCUT2D eigenvalue weighted by Gasteiger charge is 2.58. The summed E-state index contributed by atoms with van der Waals surface area (Å²) in [5.74, 6) is -0.924. The van der Waals surface area contributed by atoms with E-state index >= 15 is 0 Å². The Balaban J connectivity index is 1.41. The molecule has 7 nitrogen and oxygen atoms in total. The Hall–Kier alpha value is -2.76. The number of nitrogens with one attached hydrogen (secondary N) is 1. The predicted molar refractivity (Wildman–Crippen MR) is 133 cm³/mol. The van der Waals surface area contributed by atoms with Gasteiger partial charge in [-0.05, 0) is 50.8 Å². The molecule has 0 spiro atoms. The minimum absolute atomic E-state index is 0.143. The lowest BCUT2D eigenvalue weighted by Gasteiger charge is -2.43. The Morgan fingerprint density at radius 1 is 1.08 bits per heavy atom. The topological polar surface area (TPSA) is 89.8 Å². The SMILES string of the molecule is Cc1ccc(CO[C@H]2C[C@](OCc3ccccc3C#N)(C(=O)NC3CC3)C[C@H]3OC(C)(C)O[C@@H]23)cc1. The number of carbonyl (C=O) groups excluding carboxylic acids is 1. The first-order valence-electron chi connectivity index (χ1n) is 12.7. The van der Waals surface area contributed by atoms with Crippen molar-refractivity contribution in [2.24, 2.45) is 0 Å². The van der Waals surface area contributed by atoms with Gasteiger partial charge in [-0.1, -0.05) is 48.0 Å². The number of benzene rings is 2. The van der Waals surface area contributed by atoms with Crippen molar-refractivity contribution < 1.29 is 23.7 Å². The molecule has 3 aliphatic rings. The summed E-state index contributed by atoms with van der Waals surface area (Å²) in [5, 5.41) is 12.7. The van der Waals surface area contributed by atoms with E-state index < -0.39 is 17.5 Å². The van der Waals surface area contributed by atoms with Gasteiger partial charge in [0.25, 0.3) is 5.91 Å². The summed E-state index contributed by atoms with van der Waals surface area (Å²) in [6, 6.07) is 17.9. The molecule has 0 radical (unpaired) electrons. The number of carbonyl (C=O) groups is 1. The van der Waals surface area contributed by atoms with Crippen molar-refractivity contribution >= 4 is 5.91 Å². The van der Waals surface area contributed by atoms with E-state index in [0.717, 1.165) is 24.0 Å². The van der Waals surface area contributed by atoms with Crippen LogP contribution in [0.4, 0.5) is 0 Å². The van der Waals surface area contributed by atoms with Crippen molar-refractivity contribution in [2.75, 3.05) is 0 Å². The quantitative estimate of drug-likeness (QED) is 0.594. The van der Waals surface area contributed by atoms with Crippen LogP contribution in [-0.2, 0) is 37.0 Å². The van der Waals surface area contributed by atoms with Crippen LogP contribution in [0.15, 0.2) is 48.5 Å². The molecule has 0 bridgehead atoms. The van der Waals surface area contributed by atoms with Crippen molar-refractivity contribution in [2.45, 2.75) is 95.4 Å². The number of aryl methyl sites for hydroxylation is 1. The van der Waals surface area contributed by atoms with Gasteiger partial charge in [-0.25, -0.2) is 0 Å². The van der Waals surface area contributed by atoms with Gasteiger partial charge < -0.3 is 24.3 Å². The molecular weight excluding hydrogens is 456 g/mol. The first kappa shape index (κ1) is 24.9. The van der Waals surface area contributed by atoms with Crippen LogP contribution < -0.4 is 5.32 Å². The first-order valence-corrected chi connectivity index (χ1v) is 12.7. The number of amides is 1. The third kappa shape index (κ3) is 5.47. The van der Waals surface area contributed by atoms with E-state index in [1.54, 1.807) is 6.07 Å². The molecule has 0 unspecified atom stereocenters. The number of fused-ring (bicyclic) bond motifs is 1. The van der Waals surface area contributed by atoms with Crippen LogP contribution in [0.2, 0.25) is 0 Å². The normalized spacial score (nSPS) is 28.8. The summed E-state index contributed by atoms with van der Waals surface area (Å²) in [7, 11) is 0. The predicted octanol–water partition coefficient (Wildman–Crippen LogP) is 4.30. The lowest BCUT2D eigenvalue weighted by atomic mass is 9.78. The van der Waals surface area contributed by atoms with E-state index in [-0.39, 0.29) is 30.8 Å². The molecule has 2 aromatic carbocycles. The van der Waals surface area contributed by atoms with Crippen molar-refractivity contribution in [3.8, 4) is 6.07 Å². The Morgan fingerprint density at radius 3 is 2.56 bits per heavy atom. The second-order valence-electron chi connectivity index (χ2n) is 10.7. The molecule has 1 aliphatic heterocycles. The molecule has 36 heavy (non-hydrogen) atoms. The van der Waals surface area contributed by atoms with Crippen molar-refractivity contribution in [3.63, 3.8) is 0 Å². The van der Waals surface area contributed by atoms with Gasteiger partial charge in [0.15, 0.2) is 11.4 Å². The van der Waals surface area contributed by atoms with Crippen molar-refractivity contribution in [3.05, 3.63) is 70.8 Å². The minimum atomic E-state index is -1.16. The Morgan fingerprint density at radius 2 is 1.83 bits per heavy atom. The number of nitriles is 1. The summed E-state index contributed by atoms with van der Waals surface area (Å²) < 4.78 is 25.4. The molecule has 7 heteroatoms. The molecule has 2 aliphatic carbocycles. The molecule has 1 heterocycles. The second kappa shape index (κ2) is 9.95. The standard InChI is InChI=1S/C29H34N2O5/c1-19-8-10-20(11-9-19)17-33-24-14-29(27(32)31-23-12-13-23,15-25-26(24)36-28(2,3)35-25)34-18-22-7-5-4-6-21(22)16-30/h4-11,23-26H,12-15,17-18H2,1-3H3,(H,31,32)/t24-,25+,26-,29+/m0/s1. The van der Waals surface area contributed by atoms with Gasteiger partial charge >= 0.3 is 0 Å². The third-order valence-corrected chi connectivity index (χ3v) is 7.20. The van der Waals surface area contributed by atoms with E-state index in [1.165, 1.54) is 5.56 Å². The van der Waals surface area contributed by atoms with E-state index in [1.807, 2.05) is 44.2 Å². The zero-order valence-corrected chi connectivity index (χ0v) is 21.2. The van der Waals surface area contributed by atoms with E-state index in [2.05, 4.69) is 30.4 Å². The van der Waals surface area contributed by atoms with Gasteiger partial charge in [0, 0.05) is 18.9 Å². The Kier molecular flexibility index (Phi) is 6.88. The highest BCUT2D eigenvalue weighted by molar-refractivity contribution is 5.86. The number of hydrogen-bond acceptors (Lipinski definition) is 6. The van der Waals surface area contributed by atoms with Crippen molar-refractivity contribution in [1.82, 2.24) is 5.32 Å². The van der Waals surface area contributed by atoms with Gasteiger partial charge in [0.2, 0.25) is 0 Å². The number of ether oxygens (including phenoxy) is 4. The van der Waals surface area contributed by atoms with E-state index in [0.29, 0.717) is 25.0 Å². The lowest BCUT2D eigenvalue weighted by Crippen LogP contribution is -2.60. The highest BCUT2D eigenvalue weighted by atomic mass is 16.8. The van der Waals surface area contributed by atoms with Gasteiger partial charge in [-0.15, -0.1) is 0 Å². The van der Waals surface area contributed by atoms with Gasteiger partial charge in [0.1, 0.15) is 6.10 Å². The zero-order chi connectivity index (χ0) is 25.3. The maximum atomic E-state index is 13.7. The molecule has 0 aromatic heterocycles. The summed E-state index contributed by atoms with van der Waals surface area (Å²) in [4.78, 5) is 13.7. The molecule has 1 amide bonds. The monoisotopic (exact) mass is 490 g/mol. The number of nitrogens with zero attached hydrogens (tertiary/aromatic N) is 1. The molecule has 1 saturated heterocycles. The van der Waals surface area contributed by atoms with Gasteiger partial charge in [-0.2, -0.15) is 5.26 Å². The van der Waals surface area contributed by atoms with Gasteiger partial charge in [-0.3, -0.25) is 4.79 Å². The average molecular weight is 491 g/mol. The fourth-order valence-corrected chi connectivity index (χ4v) is 5.11. The third-order valence-electron chi connectivity index (χ3n) is 7.20. The molecule has 3 fully saturated rings. The van der Waals surface area contributed by atoms with Crippen LogP contribution in [-0.4, -0.2) is 41.6 Å². The Labute approximate surface area is 212 Å². The fourth-order valence-electron chi connectivity index (χ4n) is 5.11. The van der Waals surface area contributed by atoms with Crippen LogP contribution in [0.1, 0.15) is 61.8 Å². The van der Waals surface area contributed by atoms with Crippen LogP contribution in [0, 0.1) is 18.3 Å². The smallest absolute Gasteiger partial charge is 0.252 e. The van der Waals surface area contributed by atoms with E-state index in [4.69, 9.17) is 18.9 Å². The molecule has 2 saturated carbocycles. The number of hydrogen-bond donors (Lipinski definition) is 1. The Bertz CT molecular complexity index is 1140. The largest absolute Gasteiger partial charge is 0.371 e. The molecular formula is C29H34N2O5. The maximum absolute atomic E-state index is 13.7. The molecule has 4 atom stereocenters. The summed E-state index contributed by atoms with van der Waals surface area (Å²) in [6.45, 7) is 6.37. The summed E-state index contributed by atoms with van der Waals surface area (Å²) in [6.07, 6.45) is 1.60.